The fourth-order valence-corrected chi connectivity index (χ4v) is 2.65. The van der Waals surface area contributed by atoms with E-state index in [0.717, 1.165) is 25.7 Å². The molecule has 4 nitrogen and oxygen atoms in total. The summed E-state index contributed by atoms with van der Waals surface area (Å²) in [6.07, 6.45) is 8.87. The van der Waals surface area contributed by atoms with Gasteiger partial charge in [0.05, 0.1) is 12.1 Å². The van der Waals surface area contributed by atoms with Crippen molar-refractivity contribution in [1.82, 2.24) is 10.6 Å². The van der Waals surface area contributed by atoms with Crippen molar-refractivity contribution in [1.29, 1.82) is 0 Å². The Balaban J connectivity index is 2.39. The zero-order valence-corrected chi connectivity index (χ0v) is 11.8. The van der Waals surface area contributed by atoms with E-state index in [2.05, 4.69) is 17.6 Å². The monoisotopic (exact) mass is 256 g/mol. The highest BCUT2D eigenvalue weighted by Crippen LogP contribution is 2.17. The number of rotatable bonds is 5. The fourth-order valence-electron chi connectivity index (χ4n) is 2.65. The molecule has 0 radical (unpaired) electrons. The first kappa shape index (κ1) is 15.3. The molecule has 0 bridgehead atoms. The second-order valence-electron chi connectivity index (χ2n) is 5.76. The molecule has 1 atom stereocenters. The summed E-state index contributed by atoms with van der Waals surface area (Å²) in [5, 5.41) is 15.3. The van der Waals surface area contributed by atoms with Gasteiger partial charge in [-0.3, -0.25) is 0 Å². The highest BCUT2D eigenvalue weighted by Gasteiger charge is 2.25. The molecule has 4 heteroatoms. The molecule has 0 aromatic carbocycles. The van der Waals surface area contributed by atoms with E-state index in [1.165, 1.54) is 25.7 Å². The largest absolute Gasteiger partial charge is 0.394 e. The van der Waals surface area contributed by atoms with Crippen LogP contribution in [0.4, 0.5) is 4.79 Å². The van der Waals surface area contributed by atoms with E-state index in [0.29, 0.717) is 6.04 Å². The highest BCUT2D eigenvalue weighted by molar-refractivity contribution is 5.75. The van der Waals surface area contributed by atoms with Crippen molar-refractivity contribution in [3.63, 3.8) is 0 Å². The smallest absolute Gasteiger partial charge is 0.315 e. The predicted molar refractivity (Wildman–Crippen MR) is 73.6 cm³/mol. The average Bonchev–Trinajstić information content (AvgIpc) is 2.57. The minimum absolute atomic E-state index is 0.0150. The van der Waals surface area contributed by atoms with Gasteiger partial charge >= 0.3 is 6.03 Å². The van der Waals surface area contributed by atoms with E-state index in [-0.39, 0.29) is 12.6 Å². The number of carbonyl (C=O) groups is 1. The second kappa shape index (κ2) is 7.62. The minimum atomic E-state index is -0.496. The lowest BCUT2D eigenvalue weighted by molar-refractivity contribution is 0.161. The molecule has 0 saturated heterocycles. The Morgan fingerprint density at radius 1 is 1.28 bits per heavy atom. The van der Waals surface area contributed by atoms with Gasteiger partial charge in [0.2, 0.25) is 0 Å². The van der Waals surface area contributed by atoms with Gasteiger partial charge in [0, 0.05) is 6.04 Å². The molecular formula is C14H28N2O2. The van der Waals surface area contributed by atoms with Crippen LogP contribution in [0.15, 0.2) is 0 Å². The third kappa shape index (κ3) is 5.25. The normalized spacial score (nSPS) is 20.8. The summed E-state index contributed by atoms with van der Waals surface area (Å²) in [5.74, 6) is 0. The maximum atomic E-state index is 11.9. The molecule has 0 aliphatic heterocycles. The summed E-state index contributed by atoms with van der Waals surface area (Å²) in [6, 6.07) is 0.170. The van der Waals surface area contributed by atoms with E-state index in [4.69, 9.17) is 0 Å². The molecule has 18 heavy (non-hydrogen) atoms. The Bertz CT molecular complexity index is 250. The van der Waals surface area contributed by atoms with Crippen LogP contribution in [0.5, 0.6) is 0 Å². The van der Waals surface area contributed by atoms with E-state index in [9.17, 15) is 9.90 Å². The predicted octanol–water partition coefficient (Wildman–Crippen LogP) is 2.56. The van der Waals surface area contributed by atoms with Crippen LogP contribution < -0.4 is 10.6 Å². The topological polar surface area (TPSA) is 61.4 Å². The standard InChI is InChI=1S/C14H28N2O2/c1-3-10-14(2,11-17)16-13(18)15-12-8-6-4-5-7-9-12/h12,17H,3-11H2,1-2H3,(H2,15,16,18). The summed E-state index contributed by atoms with van der Waals surface area (Å²) in [7, 11) is 0. The number of nitrogens with one attached hydrogen (secondary N) is 2. The molecular weight excluding hydrogens is 228 g/mol. The average molecular weight is 256 g/mol. The Morgan fingerprint density at radius 2 is 1.89 bits per heavy atom. The Hall–Kier alpha value is -0.770. The molecule has 0 aromatic rings. The highest BCUT2D eigenvalue weighted by atomic mass is 16.3. The fraction of sp³-hybridized carbons (Fsp3) is 0.929. The first-order valence-electron chi connectivity index (χ1n) is 7.29. The lowest BCUT2D eigenvalue weighted by Crippen LogP contribution is -2.54. The van der Waals surface area contributed by atoms with Gasteiger partial charge in [-0.1, -0.05) is 39.0 Å². The van der Waals surface area contributed by atoms with Crippen molar-refractivity contribution < 1.29 is 9.90 Å². The lowest BCUT2D eigenvalue weighted by Gasteiger charge is -2.29. The van der Waals surface area contributed by atoms with Gasteiger partial charge in [0.25, 0.3) is 0 Å². The van der Waals surface area contributed by atoms with Crippen LogP contribution in [0, 0.1) is 0 Å². The maximum Gasteiger partial charge on any atom is 0.315 e. The Morgan fingerprint density at radius 3 is 2.39 bits per heavy atom. The Kier molecular flexibility index (Phi) is 6.47. The number of aliphatic hydroxyl groups excluding tert-OH is 1. The van der Waals surface area contributed by atoms with Crippen molar-refractivity contribution in [2.24, 2.45) is 0 Å². The van der Waals surface area contributed by atoms with Crippen LogP contribution in [0.3, 0.4) is 0 Å². The molecule has 1 saturated carbocycles. The van der Waals surface area contributed by atoms with Gasteiger partial charge in [-0.15, -0.1) is 0 Å². The summed E-state index contributed by atoms with van der Waals surface area (Å²) in [6.45, 7) is 3.93. The lowest BCUT2D eigenvalue weighted by atomic mass is 9.97. The number of hydrogen-bond acceptors (Lipinski definition) is 2. The Labute approximate surface area is 111 Å². The van der Waals surface area contributed by atoms with Crippen LogP contribution in [0.1, 0.15) is 65.2 Å². The van der Waals surface area contributed by atoms with Crippen molar-refractivity contribution in [3.05, 3.63) is 0 Å². The quantitative estimate of drug-likeness (QED) is 0.662. The first-order valence-corrected chi connectivity index (χ1v) is 7.29. The van der Waals surface area contributed by atoms with Crippen LogP contribution in [-0.2, 0) is 0 Å². The van der Waals surface area contributed by atoms with Crippen LogP contribution in [-0.4, -0.2) is 29.3 Å². The van der Waals surface area contributed by atoms with Gasteiger partial charge in [-0.05, 0) is 26.2 Å². The number of amides is 2. The summed E-state index contributed by atoms with van der Waals surface area (Å²) in [4.78, 5) is 11.9. The molecule has 0 heterocycles. The zero-order chi connectivity index (χ0) is 13.4. The minimum Gasteiger partial charge on any atom is -0.394 e. The molecule has 0 spiro atoms. The van der Waals surface area contributed by atoms with Crippen molar-refractivity contribution in [3.8, 4) is 0 Å². The number of aliphatic hydroxyl groups is 1. The molecule has 1 aliphatic carbocycles. The van der Waals surface area contributed by atoms with Crippen LogP contribution in [0.2, 0.25) is 0 Å². The summed E-state index contributed by atoms with van der Waals surface area (Å²) < 4.78 is 0. The van der Waals surface area contributed by atoms with E-state index >= 15 is 0 Å². The zero-order valence-electron chi connectivity index (χ0n) is 11.8. The number of urea groups is 1. The third-order valence-electron chi connectivity index (χ3n) is 3.76. The summed E-state index contributed by atoms with van der Waals surface area (Å²) in [5.41, 5.74) is -0.496. The van der Waals surface area contributed by atoms with Gasteiger partial charge in [-0.25, -0.2) is 4.79 Å². The summed E-state index contributed by atoms with van der Waals surface area (Å²) >= 11 is 0. The molecule has 1 fully saturated rings. The van der Waals surface area contributed by atoms with Crippen LogP contribution >= 0.6 is 0 Å². The van der Waals surface area contributed by atoms with Gasteiger partial charge < -0.3 is 15.7 Å². The molecule has 1 unspecified atom stereocenters. The number of hydrogen-bond donors (Lipinski definition) is 3. The number of carbonyl (C=O) groups excluding carboxylic acids is 1. The van der Waals surface area contributed by atoms with E-state index in [1.807, 2.05) is 6.92 Å². The van der Waals surface area contributed by atoms with Crippen molar-refractivity contribution in [2.45, 2.75) is 76.8 Å². The van der Waals surface area contributed by atoms with E-state index in [1.54, 1.807) is 0 Å². The molecule has 3 N–H and O–H groups in total. The molecule has 0 aromatic heterocycles. The second-order valence-corrected chi connectivity index (χ2v) is 5.76. The molecule has 1 rings (SSSR count). The molecule has 106 valence electrons. The molecule has 2 amide bonds. The SMILES string of the molecule is CCCC(C)(CO)NC(=O)NC1CCCCCC1. The molecule has 1 aliphatic rings. The van der Waals surface area contributed by atoms with Gasteiger partial charge in [-0.2, -0.15) is 0 Å². The first-order chi connectivity index (χ1) is 8.59. The van der Waals surface area contributed by atoms with E-state index < -0.39 is 5.54 Å². The maximum absolute atomic E-state index is 11.9. The van der Waals surface area contributed by atoms with Crippen molar-refractivity contribution >= 4 is 6.03 Å². The van der Waals surface area contributed by atoms with Crippen LogP contribution in [0.25, 0.3) is 0 Å². The van der Waals surface area contributed by atoms with Crippen molar-refractivity contribution in [2.75, 3.05) is 6.61 Å². The van der Waals surface area contributed by atoms with Gasteiger partial charge in [0.1, 0.15) is 0 Å². The third-order valence-corrected chi connectivity index (χ3v) is 3.76. The van der Waals surface area contributed by atoms with Gasteiger partial charge in [0.15, 0.2) is 0 Å².